The average molecular weight is 300 g/mol. The van der Waals surface area contributed by atoms with Crippen molar-refractivity contribution in [3.05, 3.63) is 41.8 Å². The molecule has 2 heterocycles. The van der Waals surface area contributed by atoms with Gasteiger partial charge in [0, 0.05) is 37.7 Å². The molecule has 0 N–H and O–H groups in total. The highest BCUT2D eigenvalue weighted by Gasteiger charge is 2.25. The maximum absolute atomic E-state index is 12.4. The molecule has 1 aliphatic heterocycles. The number of hydrogen-bond donors (Lipinski definition) is 0. The highest BCUT2D eigenvalue weighted by Crippen LogP contribution is 2.20. The summed E-state index contributed by atoms with van der Waals surface area (Å²) in [6.07, 6.45) is 0. The monoisotopic (exact) mass is 300 g/mol. The maximum atomic E-state index is 12.4. The average Bonchev–Trinajstić information content (AvgIpc) is 3.05. The first-order valence-corrected chi connectivity index (χ1v) is 7.58. The third-order valence-corrected chi connectivity index (χ3v) is 3.78. The van der Waals surface area contributed by atoms with Gasteiger partial charge in [0.25, 0.3) is 5.91 Å². The number of carbonyl (C=O) groups excluding carboxylic acids is 1. The van der Waals surface area contributed by atoms with Crippen LogP contribution < -0.4 is 4.90 Å². The first-order valence-electron chi connectivity index (χ1n) is 7.58. The summed E-state index contributed by atoms with van der Waals surface area (Å²) in [5.41, 5.74) is 0.732. The highest BCUT2D eigenvalue weighted by atomic mass is 16.4. The van der Waals surface area contributed by atoms with Crippen LogP contribution in [0.1, 0.15) is 36.0 Å². The van der Waals surface area contributed by atoms with Crippen molar-refractivity contribution in [2.24, 2.45) is 0 Å². The second-order valence-corrected chi connectivity index (χ2v) is 5.72. The summed E-state index contributed by atoms with van der Waals surface area (Å²) in [5.74, 6) is 0.952. The first-order chi connectivity index (χ1) is 10.6. The summed E-state index contributed by atoms with van der Waals surface area (Å²) in [7, 11) is 0. The van der Waals surface area contributed by atoms with E-state index in [9.17, 15) is 4.79 Å². The van der Waals surface area contributed by atoms with Crippen molar-refractivity contribution < 1.29 is 9.21 Å². The van der Waals surface area contributed by atoms with E-state index in [1.165, 1.54) is 0 Å². The van der Waals surface area contributed by atoms with Crippen LogP contribution in [-0.2, 0) is 0 Å². The molecular weight excluding hydrogens is 280 g/mol. The zero-order valence-corrected chi connectivity index (χ0v) is 12.9. The van der Waals surface area contributed by atoms with E-state index in [2.05, 4.69) is 10.2 Å². The van der Waals surface area contributed by atoms with E-state index in [1.807, 2.05) is 54.0 Å². The van der Waals surface area contributed by atoms with Gasteiger partial charge < -0.3 is 14.2 Å². The fourth-order valence-electron chi connectivity index (χ4n) is 2.45. The number of nitrogens with zero attached hydrogens (tertiary/aromatic N) is 4. The molecule has 1 aromatic heterocycles. The summed E-state index contributed by atoms with van der Waals surface area (Å²) >= 11 is 0. The normalized spacial score (nSPS) is 15.4. The van der Waals surface area contributed by atoms with Crippen molar-refractivity contribution in [1.82, 2.24) is 15.1 Å². The van der Waals surface area contributed by atoms with Gasteiger partial charge >= 0.3 is 6.01 Å². The van der Waals surface area contributed by atoms with Gasteiger partial charge in [0.1, 0.15) is 0 Å². The second kappa shape index (κ2) is 6.17. The van der Waals surface area contributed by atoms with E-state index in [0.717, 1.165) is 5.56 Å². The molecule has 22 heavy (non-hydrogen) atoms. The predicted molar refractivity (Wildman–Crippen MR) is 82.9 cm³/mol. The molecule has 0 bridgehead atoms. The van der Waals surface area contributed by atoms with Gasteiger partial charge in [-0.3, -0.25) is 4.79 Å². The number of carbonyl (C=O) groups is 1. The standard InChI is InChI=1S/C16H20N4O2/c1-12(2)14-17-18-16(22-14)20-10-8-19(9-11-20)15(21)13-6-4-3-5-7-13/h3-7,12H,8-11H2,1-2H3. The Morgan fingerprint density at radius 3 is 2.36 bits per heavy atom. The zero-order valence-electron chi connectivity index (χ0n) is 12.9. The minimum atomic E-state index is 0.0775. The van der Waals surface area contributed by atoms with Crippen LogP contribution in [0.2, 0.25) is 0 Å². The van der Waals surface area contributed by atoms with Gasteiger partial charge in [-0.2, -0.15) is 0 Å². The molecule has 1 aromatic carbocycles. The van der Waals surface area contributed by atoms with E-state index >= 15 is 0 Å². The van der Waals surface area contributed by atoms with E-state index < -0.39 is 0 Å². The minimum Gasteiger partial charge on any atom is -0.408 e. The maximum Gasteiger partial charge on any atom is 0.318 e. The van der Waals surface area contributed by atoms with Gasteiger partial charge in [0.2, 0.25) is 5.89 Å². The Morgan fingerprint density at radius 1 is 1.09 bits per heavy atom. The first kappa shape index (κ1) is 14.6. The molecule has 0 radical (unpaired) electrons. The molecule has 116 valence electrons. The third kappa shape index (κ3) is 2.95. The Hall–Kier alpha value is -2.37. The summed E-state index contributed by atoms with van der Waals surface area (Å²) in [6, 6.07) is 9.93. The van der Waals surface area contributed by atoms with Crippen molar-refractivity contribution in [1.29, 1.82) is 0 Å². The summed E-state index contributed by atoms with van der Waals surface area (Å²) in [4.78, 5) is 16.3. The predicted octanol–water partition coefficient (Wildman–Crippen LogP) is 2.16. The minimum absolute atomic E-state index is 0.0775. The molecule has 0 saturated carbocycles. The number of benzene rings is 1. The summed E-state index contributed by atoms with van der Waals surface area (Å²) in [6.45, 7) is 6.78. The molecule has 1 fully saturated rings. The molecule has 6 nitrogen and oxygen atoms in total. The van der Waals surface area contributed by atoms with Crippen molar-refractivity contribution in [2.45, 2.75) is 19.8 Å². The van der Waals surface area contributed by atoms with Crippen LogP contribution in [0.3, 0.4) is 0 Å². The fraction of sp³-hybridized carbons (Fsp3) is 0.438. The Labute approximate surface area is 129 Å². The summed E-state index contributed by atoms with van der Waals surface area (Å²) < 4.78 is 5.67. The van der Waals surface area contributed by atoms with Gasteiger partial charge in [0.05, 0.1) is 0 Å². The van der Waals surface area contributed by atoms with Crippen molar-refractivity contribution in [2.75, 3.05) is 31.1 Å². The second-order valence-electron chi connectivity index (χ2n) is 5.72. The van der Waals surface area contributed by atoms with Crippen LogP contribution in [0.5, 0.6) is 0 Å². The molecule has 0 atom stereocenters. The molecule has 1 amide bonds. The number of aromatic nitrogens is 2. The van der Waals surface area contributed by atoms with Crippen molar-refractivity contribution in [3.8, 4) is 0 Å². The summed E-state index contributed by atoms with van der Waals surface area (Å²) in [5, 5.41) is 8.15. The third-order valence-electron chi connectivity index (χ3n) is 3.78. The molecule has 1 aliphatic rings. The SMILES string of the molecule is CC(C)c1nnc(N2CCN(C(=O)c3ccccc3)CC2)o1. The van der Waals surface area contributed by atoms with E-state index in [1.54, 1.807) is 0 Å². The molecule has 1 saturated heterocycles. The van der Waals surface area contributed by atoms with Crippen LogP contribution in [0, 0.1) is 0 Å². The fourth-order valence-corrected chi connectivity index (χ4v) is 2.45. The van der Waals surface area contributed by atoms with E-state index in [-0.39, 0.29) is 11.8 Å². The molecule has 0 unspecified atom stereocenters. The van der Waals surface area contributed by atoms with Gasteiger partial charge in [-0.25, -0.2) is 0 Å². The van der Waals surface area contributed by atoms with Gasteiger partial charge in [-0.05, 0) is 12.1 Å². The van der Waals surface area contributed by atoms with E-state index in [4.69, 9.17) is 4.42 Å². The molecule has 0 aliphatic carbocycles. The molecule has 6 heteroatoms. The molecule has 2 aromatic rings. The Morgan fingerprint density at radius 2 is 1.77 bits per heavy atom. The number of hydrogen-bond acceptors (Lipinski definition) is 5. The smallest absolute Gasteiger partial charge is 0.318 e. The van der Waals surface area contributed by atoms with Crippen LogP contribution in [0.25, 0.3) is 0 Å². The van der Waals surface area contributed by atoms with Crippen LogP contribution in [0.4, 0.5) is 6.01 Å². The molecular formula is C16H20N4O2. The number of anilines is 1. The quantitative estimate of drug-likeness (QED) is 0.869. The Bertz CT molecular complexity index is 631. The Kier molecular flexibility index (Phi) is 4.09. The number of piperazine rings is 1. The van der Waals surface area contributed by atoms with Crippen molar-refractivity contribution in [3.63, 3.8) is 0 Å². The Balaban J connectivity index is 1.61. The largest absolute Gasteiger partial charge is 0.408 e. The lowest BCUT2D eigenvalue weighted by molar-refractivity contribution is 0.0745. The van der Waals surface area contributed by atoms with Crippen LogP contribution in [0.15, 0.2) is 34.7 Å². The van der Waals surface area contributed by atoms with Gasteiger partial charge in [-0.1, -0.05) is 37.1 Å². The van der Waals surface area contributed by atoms with Gasteiger partial charge in [0.15, 0.2) is 0 Å². The molecule has 0 spiro atoms. The van der Waals surface area contributed by atoms with Gasteiger partial charge in [-0.15, -0.1) is 5.10 Å². The van der Waals surface area contributed by atoms with Crippen LogP contribution >= 0.6 is 0 Å². The lowest BCUT2D eigenvalue weighted by Gasteiger charge is -2.33. The number of rotatable bonds is 3. The van der Waals surface area contributed by atoms with Crippen LogP contribution in [-0.4, -0.2) is 47.2 Å². The number of amides is 1. The lowest BCUT2D eigenvalue weighted by atomic mass is 10.2. The lowest BCUT2D eigenvalue weighted by Crippen LogP contribution is -2.48. The zero-order chi connectivity index (χ0) is 15.5. The van der Waals surface area contributed by atoms with Crippen molar-refractivity contribution >= 4 is 11.9 Å². The molecule has 3 rings (SSSR count). The highest BCUT2D eigenvalue weighted by molar-refractivity contribution is 5.94. The van der Waals surface area contributed by atoms with E-state index in [0.29, 0.717) is 38.1 Å². The topological polar surface area (TPSA) is 62.5 Å².